The highest BCUT2D eigenvalue weighted by Crippen LogP contribution is 2.16. The van der Waals surface area contributed by atoms with E-state index in [0.29, 0.717) is 0 Å². The number of alkyl halides is 3. The van der Waals surface area contributed by atoms with Crippen LogP contribution in [0.1, 0.15) is 0 Å². The molecule has 0 spiro atoms. The third-order valence-electron chi connectivity index (χ3n) is 0.469. The van der Waals surface area contributed by atoms with E-state index in [9.17, 15) is 13.2 Å². The Labute approximate surface area is 49.1 Å². The second-order valence-corrected chi connectivity index (χ2v) is 1.15. The van der Waals surface area contributed by atoms with E-state index in [1.165, 1.54) is 0 Å². The lowest BCUT2D eigenvalue weighted by molar-refractivity contribution is -0.0607. The summed E-state index contributed by atoms with van der Waals surface area (Å²) in [6.07, 6.45) is -4.67. The number of nitrogens with zero attached hydrogens (tertiary/aromatic N) is 2. The van der Waals surface area contributed by atoms with E-state index in [0.717, 1.165) is 7.05 Å². The molecule has 0 bridgehead atoms. The highest BCUT2D eigenvalue weighted by molar-refractivity contribution is 5.84. The molecule has 0 unspecified atom stereocenters. The van der Waals surface area contributed by atoms with Crippen LogP contribution >= 0.6 is 0 Å². The van der Waals surface area contributed by atoms with E-state index in [4.69, 9.17) is 5.41 Å². The first-order chi connectivity index (χ1) is 3.98. The Hall–Kier alpha value is -0.940. The largest absolute Gasteiger partial charge is 0.452 e. The number of amidine groups is 1. The predicted molar refractivity (Wildman–Crippen MR) is 24.6 cm³/mol. The van der Waals surface area contributed by atoms with Gasteiger partial charge in [-0.05, 0) is 0 Å². The van der Waals surface area contributed by atoms with Crippen molar-refractivity contribution in [2.45, 2.75) is 6.18 Å². The van der Waals surface area contributed by atoms with Crippen LogP contribution in [0.25, 0.3) is 0 Å². The minimum atomic E-state index is -4.67. The molecule has 0 fully saturated rings. The molecule has 0 rings (SSSR count). The quantitative estimate of drug-likeness (QED) is 0.301. The lowest BCUT2D eigenvalue weighted by Crippen LogP contribution is -2.18. The zero-order valence-electron chi connectivity index (χ0n) is 4.53. The summed E-state index contributed by atoms with van der Waals surface area (Å²) in [7, 11) is 1.07. The van der Waals surface area contributed by atoms with Crippen molar-refractivity contribution in [3.63, 3.8) is 0 Å². The molecule has 0 aromatic carbocycles. The van der Waals surface area contributed by atoms with Gasteiger partial charge in [0.1, 0.15) is 0 Å². The van der Waals surface area contributed by atoms with Gasteiger partial charge in [0.15, 0.2) is 0 Å². The Morgan fingerprint density at radius 2 is 1.89 bits per heavy atom. The summed E-state index contributed by atoms with van der Waals surface area (Å²) in [6, 6.07) is 0. The van der Waals surface area contributed by atoms with Crippen LogP contribution in [-0.2, 0) is 0 Å². The van der Waals surface area contributed by atoms with Gasteiger partial charge in [0.25, 0.3) is 0 Å². The average molecular weight is 139 g/mol. The first kappa shape index (κ1) is 8.06. The molecule has 0 aromatic heterocycles. The van der Waals surface area contributed by atoms with Gasteiger partial charge in [0, 0.05) is 7.05 Å². The van der Waals surface area contributed by atoms with Gasteiger partial charge in [-0.3, -0.25) is 5.41 Å². The van der Waals surface area contributed by atoms with Crippen LogP contribution in [0.5, 0.6) is 0 Å². The summed E-state index contributed by atoms with van der Waals surface area (Å²) in [5.74, 6) is -1.68. The number of azo groups is 1. The molecule has 52 valence electrons. The summed E-state index contributed by atoms with van der Waals surface area (Å²) in [6.45, 7) is 0. The van der Waals surface area contributed by atoms with Gasteiger partial charge < -0.3 is 0 Å². The van der Waals surface area contributed by atoms with E-state index >= 15 is 0 Å². The number of hydrogen-bond donors (Lipinski definition) is 1. The molecule has 9 heavy (non-hydrogen) atoms. The van der Waals surface area contributed by atoms with Crippen LogP contribution in [0.15, 0.2) is 10.2 Å². The summed E-state index contributed by atoms with van der Waals surface area (Å²) in [5, 5.41) is 11.4. The fourth-order valence-electron chi connectivity index (χ4n) is 0.157. The number of halogens is 3. The Bertz CT molecular complexity index is 136. The molecule has 1 N–H and O–H groups in total. The lowest BCUT2D eigenvalue weighted by Gasteiger charge is -1.98. The van der Waals surface area contributed by atoms with Crippen LogP contribution in [0.4, 0.5) is 13.2 Å². The van der Waals surface area contributed by atoms with Crippen molar-refractivity contribution in [1.82, 2.24) is 0 Å². The van der Waals surface area contributed by atoms with Gasteiger partial charge in [-0.25, -0.2) is 0 Å². The van der Waals surface area contributed by atoms with Crippen molar-refractivity contribution in [1.29, 1.82) is 5.41 Å². The molecule has 0 aliphatic rings. The zero-order valence-corrected chi connectivity index (χ0v) is 4.53. The van der Waals surface area contributed by atoms with E-state index in [1.807, 2.05) is 0 Å². The van der Waals surface area contributed by atoms with Crippen molar-refractivity contribution in [3.05, 3.63) is 0 Å². The minimum absolute atomic E-state index is 1.07. The van der Waals surface area contributed by atoms with Gasteiger partial charge in [0.2, 0.25) is 5.84 Å². The molecule has 0 saturated heterocycles. The second kappa shape index (κ2) is 2.56. The van der Waals surface area contributed by atoms with Crippen molar-refractivity contribution in [2.24, 2.45) is 10.2 Å². The highest BCUT2D eigenvalue weighted by Gasteiger charge is 2.34. The molecular weight excluding hydrogens is 135 g/mol. The van der Waals surface area contributed by atoms with Crippen molar-refractivity contribution >= 4 is 5.84 Å². The topological polar surface area (TPSA) is 48.6 Å². The zero-order chi connectivity index (χ0) is 7.49. The van der Waals surface area contributed by atoms with Gasteiger partial charge >= 0.3 is 6.18 Å². The predicted octanol–water partition coefficient (Wildman–Crippen LogP) is 1.61. The number of nitrogens with one attached hydrogen (secondary N) is 1. The molecule has 0 radical (unpaired) electrons. The fraction of sp³-hybridized carbons (Fsp3) is 0.667. The lowest BCUT2D eigenvalue weighted by atomic mass is 10.6. The van der Waals surface area contributed by atoms with Gasteiger partial charge in [0.05, 0.1) is 0 Å². The minimum Gasteiger partial charge on any atom is -0.277 e. The van der Waals surface area contributed by atoms with Crippen LogP contribution < -0.4 is 0 Å². The van der Waals surface area contributed by atoms with E-state index in [2.05, 4.69) is 10.2 Å². The number of rotatable bonds is 0. The van der Waals surface area contributed by atoms with Crippen molar-refractivity contribution < 1.29 is 13.2 Å². The van der Waals surface area contributed by atoms with Crippen LogP contribution in [-0.4, -0.2) is 19.1 Å². The SMILES string of the molecule is CN=NC(=N)C(F)(F)F. The third kappa shape index (κ3) is 2.78. The first-order valence-corrected chi connectivity index (χ1v) is 1.94. The molecule has 3 nitrogen and oxygen atoms in total. The molecule has 0 heterocycles. The summed E-state index contributed by atoms with van der Waals surface area (Å²) >= 11 is 0. The monoisotopic (exact) mass is 139 g/mol. The second-order valence-electron chi connectivity index (χ2n) is 1.15. The van der Waals surface area contributed by atoms with E-state index in [1.54, 1.807) is 0 Å². The molecule has 0 atom stereocenters. The maximum Gasteiger partial charge on any atom is 0.452 e. The highest BCUT2D eigenvalue weighted by atomic mass is 19.4. The van der Waals surface area contributed by atoms with E-state index in [-0.39, 0.29) is 0 Å². The molecule has 0 saturated carbocycles. The molecule has 0 aliphatic carbocycles. The molecule has 0 aliphatic heterocycles. The summed E-state index contributed by atoms with van der Waals surface area (Å²) < 4.78 is 33.8. The fourth-order valence-corrected chi connectivity index (χ4v) is 0.157. The third-order valence-corrected chi connectivity index (χ3v) is 0.469. The Balaban J connectivity index is 4.06. The average Bonchev–Trinajstić information content (AvgIpc) is 1.64. The molecule has 0 amide bonds. The summed E-state index contributed by atoms with van der Waals surface area (Å²) in [4.78, 5) is 0. The van der Waals surface area contributed by atoms with Crippen molar-refractivity contribution in [2.75, 3.05) is 7.05 Å². The Kier molecular flexibility index (Phi) is 2.29. The van der Waals surface area contributed by atoms with Gasteiger partial charge in [-0.1, -0.05) is 0 Å². The smallest absolute Gasteiger partial charge is 0.277 e. The number of hydrogen-bond acceptors (Lipinski definition) is 2. The van der Waals surface area contributed by atoms with Crippen molar-refractivity contribution in [3.8, 4) is 0 Å². The molecule has 0 aromatic rings. The van der Waals surface area contributed by atoms with Crippen LogP contribution in [0.2, 0.25) is 0 Å². The maximum absolute atomic E-state index is 11.3. The van der Waals surface area contributed by atoms with Gasteiger partial charge in [-0.15, -0.1) is 5.11 Å². The first-order valence-electron chi connectivity index (χ1n) is 1.94. The van der Waals surface area contributed by atoms with E-state index < -0.39 is 12.0 Å². The van der Waals surface area contributed by atoms with Crippen LogP contribution in [0.3, 0.4) is 0 Å². The normalized spacial score (nSPS) is 12.4. The standard InChI is InChI=1S/C3H4F3N3/c1-8-9-2(7)3(4,5)6/h7H,1H3. The summed E-state index contributed by atoms with van der Waals surface area (Å²) in [5.41, 5.74) is 0. The Morgan fingerprint density at radius 1 is 1.44 bits per heavy atom. The van der Waals surface area contributed by atoms with Gasteiger partial charge in [-0.2, -0.15) is 18.3 Å². The molecular formula is C3H4F3N3. The van der Waals surface area contributed by atoms with Crippen LogP contribution in [0, 0.1) is 5.41 Å². The maximum atomic E-state index is 11.3. The Morgan fingerprint density at radius 3 is 2.00 bits per heavy atom. The molecule has 6 heteroatoms.